The Bertz CT molecular complexity index is 1750. The number of hydrogen-bond donors (Lipinski definition) is 7. The largest absolute Gasteiger partial charge is 0.510 e. The van der Waals surface area contributed by atoms with E-state index in [-0.39, 0.29) is 36.1 Å². The molecule has 0 saturated carbocycles. The summed E-state index contributed by atoms with van der Waals surface area (Å²) in [5.74, 6) is -7.19. The number of likely N-dealkylation sites (N-methyl/N-ethyl adjacent to an activating group) is 1. The van der Waals surface area contributed by atoms with Crippen molar-refractivity contribution in [3.8, 4) is 5.75 Å². The number of aliphatic hydroxyl groups excluding tert-OH is 2. The van der Waals surface area contributed by atoms with Crippen molar-refractivity contribution >= 4 is 40.6 Å². The number of urea groups is 1. The van der Waals surface area contributed by atoms with Crippen LogP contribution in [0.5, 0.6) is 5.75 Å². The van der Waals surface area contributed by atoms with Crippen molar-refractivity contribution in [2.24, 2.45) is 17.6 Å². The lowest BCUT2D eigenvalue weighted by molar-refractivity contribution is -0.148. The fraction of sp³-hybridized carbons (Fsp3) is 0.394. The first-order valence-electron chi connectivity index (χ1n) is 15.0. The summed E-state index contributed by atoms with van der Waals surface area (Å²) < 4.78 is 0. The summed E-state index contributed by atoms with van der Waals surface area (Å²) in [7, 11) is 10.5. The number of nitrogens with two attached hydrogens (primary N) is 1. The molecular formula is C33H40N6O8. The third kappa shape index (κ3) is 5.32. The standard InChI is InChI=1S/C33H40N6O8/c1-37(2)18-9-7-17(8-10-18)36-32(46)35-14-16-13-21(38(3)4)19-11-15-12-20-25(39(5)6)28(42)24(31(34)45)30(44)33(20,47)29(43)22(15)27(41)23(19)26(16)40/h7-10,13,15,20,25,40,42-43,47H,11-12,14H2,1-6H3,(H2,34,45)(H2,35,36,46)/t15-,20-,25-,33-/m1/s1. The van der Waals surface area contributed by atoms with Gasteiger partial charge in [-0.15, -0.1) is 0 Å². The van der Waals surface area contributed by atoms with E-state index >= 15 is 0 Å². The maximum atomic E-state index is 14.2. The Hall–Kier alpha value is -5.08. The molecule has 2 aromatic carbocycles. The fourth-order valence-corrected chi connectivity index (χ4v) is 7.08. The molecule has 5 rings (SSSR count). The molecule has 0 heterocycles. The molecule has 8 N–H and O–H groups in total. The van der Waals surface area contributed by atoms with Crippen molar-refractivity contribution < 1.29 is 39.6 Å². The summed E-state index contributed by atoms with van der Waals surface area (Å²) in [5.41, 5.74) is 4.21. The van der Waals surface area contributed by atoms with Crippen LogP contribution in [0.15, 0.2) is 53.0 Å². The predicted octanol–water partition coefficient (Wildman–Crippen LogP) is 1.57. The van der Waals surface area contributed by atoms with E-state index in [4.69, 9.17) is 5.73 Å². The molecule has 0 fully saturated rings. The highest BCUT2D eigenvalue weighted by atomic mass is 16.3. The van der Waals surface area contributed by atoms with Crippen molar-refractivity contribution in [2.75, 3.05) is 57.4 Å². The van der Waals surface area contributed by atoms with Crippen LogP contribution in [0, 0.1) is 11.8 Å². The SMILES string of the molecule is CN(C)c1ccc(NC(=O)NCc2cc(N(C)C)c3c(c2O)C(=O)C2=C(O)[C@@]4(O)C(=O)C(C(N)=O)=C(O)[C@H](N(C)C)[C@H]4C[C@H]2C3)cc1. The van der Waals surface area contributed by atoms with Gasteiger partial charge in [0.2, 0.25) is 5.78 Å². The van der Waals surface area contributed by atoms with Crippen LogP contribution >= 0.6 is 0 Å². The Balaban J connectivity index is 1.52. The van der Waals surface area contributed by atoms with E-state index in [1.54, 1.807) is 51.3 Å². The number of amides is 3. The number of aliphatic hydroxyl groups is 3. The van der Waals surface area contributed by atoms with E-state index in [0.29, 0.717) is 16.9 Å². The first kappa shape index (κ1) is 33.3. The molecule has 3 amide bonds. The third-order valence-electron chi connectivity index (χ3n) is 9.34. The molecule has 47 heavy (non-hydrogen) atoms. The van der Waals surface area contributed by atoms with Gasteiger partial charge in [0.15, 0.2) is 11.4 Å². The minimum atomic E-state index is -2.73. The number of ketones is 2. The van der Waals surface area contributed by atoms with Crippen LogP contribution in [0.25, 0.3) is 0 Å². The summed E-state index contributed by atoms with van der Waals surface area (Å²) in [6.45, 7) is -0.162. The van der Waals surface area contributed by atoms with Crippen LogP contribution in [-0.2, 0) is 22.6 Å². The van der Waals surface area contributed by atoms with Crippen LogP contribution in [0.3, 0.4) is 0 Å². The van der Waals surface area contributed by atoms with Gasteiger partial charge in [-0.05, 0) is 68.8 Å². The van der Waals surface area contributed by atoms with Crippen LogP contribution in [0.1, 0.15) is 27.9 Å². The van der Waals surface area contributed by atoms with E-state index in [9.17, 15) is 39.6 Å². The number of nitrogens with one attached hydrogen (secondary N) is 2. The van der Waals surface area contributed by atoms with Crippen LogP contribution in [0.4, 0.5) is 21.9 Å². The number of aromatic hydroxyl groups is 1. The number of fused-ring (bicyclic) bond motifs is 3. The molecule has 0 saturated heterocycles. The van der Waals surface area contributed by atoms with Gasteiger partial charge in [0.05, 0.1) is 11.6 Å². The van der Waals surface area contributed by atoms with E-state index in [1.807, 2.05) is 31.1 Å². The maximum absolute atomic E-state index is 14.2. The predicted molar refractivity (Wildman–Crippen MR) is 175 cm³/mol. The maximum Gasteiger partial charge on any atom is 0.319 e. The first-order chi connectivity index (χ1) is 22.0. The molecule has 4 atom stereocenters. The van der Waals surface area contributed by atoms with Gasteiger partial charge in [0.25, 0.3) is 5.91 Å². The lowest BCUT2D eigenvalue weighted by atomic mass is 9.58. The zero-order valence-corrected chi connectivity index (χ0v) is 27.1. The topological polar surface area (TPSA) is 209 Å². The number of phenols is 1. The number of benzene rings is 2. The first-order valence-corrected chi connectivity index (χ1v) is 15.0. The van der Waals surface area contributed by atoms with E-state index in [0.717, 1.165) is 5.69 Å². The van der Waals surface area contributed by atoms with Crippen LogP contribution < -0.4 is 26.2 Å². The lowest BCUT2D eigenvalue weighted by Crippen LogP contribution is -2.63. The molecule has 0 radical (unpaired) electrons. The Kier molecular flexibility index (Phi) is 8.45. The second-order valence-electron chi connectivity index (χ2n) is 12.9. The molecule has 3 aliphatic rings. The number of Topliss-reactive ketones (excluding diaryl/α,β-unsaturated/α-hetero) is 2. The Labute approximate surface area is 271 Å². The Morgan fingerprint density at radius 3 is 2.19 bits per heavy atom. The van der Waals surface area contributed by atoms with Crippen molar-refractivity contribution in [3.05, 3.63) is 69.7 Å². The van der Waals surface area contributed by atoms with E-state index in [1.165, 1.54) is 4.90 Å². The van der Waals surface area contributed by atoms with Gasteiger partial charge < -0.3 is 46.6 Å². The van der Waals surface area contributed by atoms with Gasteiger partial charge in [0.1, 0.15) is 22.8 Å². The van der Waals surface area contributed by atoms with Gasteiger partial charge in [0, 0.05) is 68.9 Å². The monoisotopic (exact) mass is 648 g/mol. The number of anilines is 3. The van der Waals surface area contributed by atoms with Gasteiger partial charge in [-0.3, -0.25) is 19.3 Å². The molecule has 14 heteroatoms. The average Bonchev–Trinajstić information content (AvgIpc) is 2.98. The Morgan fingerprint density at radius 1 is 1.00 bits per heavy atom. The molecule has 2 aromatic rings. The van der Waals surface area contributed by atoms with Gasteiger partial charge in [-0.2, -0.15) is 0 Å². The number of carbonyl (C=O) groups is 4. The average molecular weight is 649 g/mol. The second kappa shape index (κ2) is 11.9. The van der Waals surface area contributed by atoms with Gasteiger partial charge in [-0.1, -0.05) is 0 Å². The molecule has 0 bridgehead atoms. The normalized spacial score (nSPS) is 23.6. The van der Waals surface area contributed by atoms with Crippen LogP contribution in [-0.4, -0.2) is 103 Å². The minimum Gasteiger partial charge on any atom is -0.510 e. The minimum absolute atomic E-state index is 0.0155. The van der Waals surface area contributed by atoms with Crippen LogP contribution in [0.2, 0.25) is 0 Å². The number of phenolic OH excluding ortho intramolecular Hbond substituents is 1. The zero-order chi connectivity index (χ0) is 34.7. The zero-order valence-electron chi connectivity index (χ0n) is 27.1. The van der Waals surface area contributed by atoms with E-state index in [2.05, 4.69) is 10.6 Å². The van der Waals surface area contributed by atoms with E-state index < -0.39 is 69.8 Å². The number of hydrogen-bond acceptors (Lipinski definition) is 11. The van der Waals surface area contributed by atoms with Crippen molar-refractivity contribution in [1.29, 1.82) is 0 Å². The van der Waals surface area contributed by atoms with Crippen molar-refractivity contribution in [1.82, 2.24) is 10.2 Å². The highest BCUT2D eigenvalue weighted by Gasteiger charge is 2.63. The molecular weight excluding hydrogens is 608 g/mol. The number of carbonyl (C=O) groups excluding carboxylic acids is 4. The van der Waals surface area contributed by atoms with Crippen molar-refractivity contribution in [3.63, 3.8) is 0 Å². The molecule has 0 aliphatic heterocycles. The Morgan fingerprint density at radius 2 is 1.64 bits per heavy atom. The summed E-state index contributed by atoms with van der Waals surface area (Å²) >= 11 is 0. The number of nitrogens with zero attached hydrogens (tertiary/aromatic N) is 3. The summed E-state index contributed by atoms with van der Waals surface area (Å²) in [4.78, 5) is 57.9. The molecule has 0 unspecified atom stereocenters. The fourth-order valence-electron chi connectivity index (χ4n) is 7.08. The lowest BCUT2D eigenvalue weighted by Gasteiger charge is -2.50. The highest BCUT2D eigenvalue weighted by molar-refractivity contribution is 6.25. The summed E-state index contributed by atoms with van der Waals surface area (Å²) in [5, 5.41) is 51.2. The second-order valence-corrected chi connectivity index (χ2v) is 12.9. The molecule has 0 spiro atoms. The molecule has 3 aliphatic carbocycles. The number of primary amides is 1. The van der Waals surface area contributed by atoms with Gasteiger partial charge in [-0.25, -0.2) is 4.79 Å². The summed E-state index contributed by atoms with van der Waals surface area (Å²) in [6, 6.07) is 7.22. The summed E-state index contributed by atoms with van der Waals surface area (Å²) in [6.07, 6.45) is 0.130. The number of rotatable bonds is 7. The molecule has 14 nitrogen and oxygen atoms in total. The highest BCUT2D eigenvalue weighted by Crippen LogP contribution is 2.53. The third-order valence-corrected chi connectivity index (χ3v) is 9.34. The quantitative estimate of drug-likeness (QED) is 0.214. The molecule has 250 valence electrons. The smallest absolute Gasteiger partial charge is 0.319 e. The van der Waals surface area contributed by atoms with Crippen molar-refractivity contribution in [2.45, 2.75) is 31.0 Å². The number of allylic oxidation sites excluding steroid dienone is 1. The molecule has 0 aromatic heterocycles. The van der Waals surface area contributed by atoms with Gasteiger partial charge >= 0.3 is 6.03 Å².